The molecule has 0 N–H and O–H groups in total. The van der Waals surface area contributed by atoms with Gasteiger partial charge in [0.2, 0.25) is 0 Å². The summed E-state index contributed by atoms with van der Waals surface area (Å²) in [5.74, 6) is -0.133. The highest BCUT2D eigenvalue weighted by molar-refractivity contribution is 7.11. The van der Waals surface area contributed by atoms with Gasteiger partial charge < -0.3 is 4.74 Å². The molecule has 5 heteroatoms. The average molecular weight is 256 g/mol. The van der Waals surface area contributed by atoms with Crippen molar-refractivity contribution in [2.75, 3.05) is 20.2 Å². The fraction of sp³-hybridized carbons (Fsp3) is 0.667. The number of aromatic nitrogens is 1. The molecule has 1 heterocycles. The van der Waals surface area contributed by atoms with Gasteiger partial charge in [-0.3, -0.25) is 9.69 Å². The minimum atomic E-state index is -0.133. The summed E-state index contributed by atoms with van der Waals surface area (Å²) in [5.41, 5.74) is 1.10. The van der Waals surface area contributed by atoms with Gasteiger partial charge >= 0.3 is 5.97 Å². The van der Waals surface area contributed by atoms with E-state index in [1.807, 2.05) is 20.9 Å². The third kappa shape index (κ3) is 4.83. The quantitative estimate of drug-likeness (QED) is 0.731. The van der Waals surface area contributed by atoms with E-state index in [1.165, 1.54) is 4.88 Å². The number of aryl methyl sites for hydroxylation is 2. The van der Waals surface area contributed by atoms with Gasteiger partial charge in [0, 0.05) is 11.4 Å². The van der Waals surface area contributed by atoms with Crippen LogP contribution in [0.15, 0.2) is 0 Å². The van der Waals surface area contributed by atoms with Gasteiger partial charge in [-0.15, -0.1) is 11.3 Å². The van der Waals surface area contributed by atoms with E-state index < -0.39 is 0 Å². The monoisotopic (exact) mass is 256 g/mol. The van der Waals surface area contributed by atoms with E-state index in [1.54, 1.807) is 11.3 Å². The van der Waals surface area contributed by atoms with Gasteiger partial charge in [-0.1, -0.05) is 0 Å². The van der Waals surface area contributed by atoms with E-state index in [9.17, 15) is 4.79 Å². The number of ether oxygens (including phenoxy) is 1. The van der Waals surface area contributed by atoms with Crippen molar-refractivity contribution in [3.8, 4) is 0 Å². The largest absolute Gasteiger partial charge is 0.466 e. The molecule has 0 fully saturated rings. The van der Waals surface area contributed by atoms with Crippen LogP contribution in [0.5, 0.6) is 0 Å². The van der Waals surface area contributed by atoms with Gasteiger partial charge in [0.05, 0.1) is 25.3 Å². The van der Waals surface area contributed by atoms with E-state index in [-0.39, 0.29) is 5.97 Å². The van der Waals surface area contributed by atoms with Crippen LogP contribution in [0.1, 0.15) is 28.9 Å². The van der Waals surface area contributed by atoms with Crippen molar-refractivity contribution >= 4 is 17.3 Å². The zero-order valence-electron chi connectivity index (χ0n) is 10.9. The van der Waals surface area contributed by atoms with Crippen molar-refractivity contribution in [2.24, 2.45) is 0 Å². The lowest BCUT2D eigenvalue weighted by Gasteiger charge is -2.13. The summed E-state index contributed by atoms with van der Waals surface area (Å²) >= 11 is 1.72. The fourth-order valence-electron chi connectivity index (χ4n) is 1.43. The molecule has 0 unspecified atom stereocenters. The minimum Gasteiger partial charge on any atom is -0.466 e. The van der Waals surface area contributed by atoms with Crippen molar-refractivity contribution in [2.45, 2.75) is 33.7 Å². The first-order chi connectivity index (χ1) is 8.02. The van der Waals surface area contributed by atoms with E-state index in [4.69, 9.17) is 4.74 Å². The lowest BCUT2D eigenvalue weighted by molar-refractivity contribution is -0.143. The minimum absolute atomic E-state index is 0.133. The second-order valence-corrected chi connectivity index (χ2v) is 5.33. The summed E-state index contributed by atoms with van der Waals surface area (Å²) in [7, 11) is 1.99. The maximum absolute atomic E-state index is 11.2. The summed E-state index contributed by atoms with van der Waals surface area (Å²) in [6.07, 6.45) is 0.438. The molecule has 17 heavy (non-hydrogen) atoms. The van der Waals surface area contributed by atoms with Crippen LogP contribution in [-0.2, 0) is 16.1 Å². The standard InChI is InChI=1S/C12H20N2O2S/c1-5-16-12(15)6-7-14(4)8-11-13-9(2)10(3)17-11/h5-8H2,1-4H3. The number of hydrogen-bond acceptors (Lipinski definition) is 5. The summed E-state index contributed by atoms with van der Waals surface area (Å²) in [6.45, 7) is 7.87. The molecule has 1 aromatic heterocycles. The second-order valence-electron chi connectivity index (χ2n) is 4.04. The van der Waals surface area contributed by atoms with Crippen LogP contribution in [0.2, 0.25) is 0 Å². The van der Waals surface area contributed by atoms with Crippen LogP contribution in [0, 0.1) is 13.8 Å². The van der Waals surface area contributed by atoms with Crippen molar-refractivity contribution in [1.29, 1.82) is 0 Å². The smallest absolute Gasteiger partial charge is 0.307 e. The molecule has 1 rings (SSSR count). The molecule has 0 bridgehead atoms. The van der Waals surface area contributed by atoms with Crippen molar-refractivity contribution < 1.29 is 9.53 Å². The first-order valence-corrected chi connectivity index (χ1v) is 6.61. The van der Waals surface area contributed by atoms with Crippen LogP contribution < -0.4 is 0 Å². The van der Waals surface area contributed by atoms with E-state index in [2.05, 4.69) is 16.8 Å². The van der Waals surface area contributed by atoms with Crippen LogP contribution in [0.4, 0.5) is 0 Å². The van der Waals surface area contributed by atoms with Crippen LogP contribution in [-0.4, -0.2) is 36.1 Å². The van der Waals surface area contributed by atoms with Gasteiger partial charge in [-0.2, -0.15) is 0 Å². The fourth-order valence-corrected chi connectivity index (χ4v) is 2.45. The molecule has 0 aliphatic carbocycles. The molecule has 0 aromatic carbocycles. The average Bonchev–Trinajstić information content (AvgIpc) is 2.55. The molecule has 0 aliphatic heterocycles. The van der Waals surface area contributed by atoms with Crippen LogP contribution in [0.25, 0.3) is 0 Å². The Kier molecular flexibility index (Phi) is 5.58. The second kappa shape index (κ2) is 6.71. The van der Waals surface area contributed by atoms with Crippen molar-refractivity contribution in [3.05, 3.63) is 15.6 Å². The Balaban J connectivity index is 2.34. The number of rotatable bonds is 6. The Bertz CT molecular complexity index is 357. The lowest BCUT2D eigenvalue weighted by atomic mass is 10.4. The molecule has 0 saturated heterocycles. The third-order valence-electron chi connectivity index (χ3n) is 2.48. The van der Waals surface area contributed by atoms with E-state index in [0.29, 0.717) is 19.6 Å². The summed E-state index contributed by atoms with van der Waals surface area (Å²) < 4.78 is 4.89. The first-order valence-electron chi connectivity index (χ1n) is 5.80. The normalized spacial score (nSPS) is 10.9. The Morgan fingerprint density at radius 3 is 2.71 bits per heavy atom. The summed E-state index contributed by atoms with van der Waals surface area (Å²) in [5, 5.41) is 1.10. The van der Waals surface area contributed by atoms with Gasteiger partial charge in [-0.05, 0) is 27.8 Å². The van der Waals surface area contributed by atoms with Crippen molar-refractivity contribution in [1.82, 2.24) is 9.88 Å². The molecule has 0 amide bonds. The molecule has 0 radical (unpaired) electrons. The maximum Gasteiger partial charge on any atom is 0.307 e. The number of esters is 1. The van der Waals surface area contributed by atoms with Gasteiger partial charge in [0.25, 0.3) is 0 Å². The molecule has 0 aliphatic rings. The number of nitrogens with zero attached hydrogens (tertiary/aromatic N) is 2. The predicted molar refractivity (Wildman–Crippen MR) is 69.2 cm³/mol. The SMILES string of the molecule is CCOC(=O)CCN(C)Cc1nc(C)c(C)s1. The third-order valence-corrected chi connectivity index (χ3v) is 3.54. The van der Waals surface area contributed by atoms with Gasteiger partial charge in [-0.25, -0.2) is 4.98 Å². The zero-order valence-corrected chi connectivity index (χ0v) is 11.8. The van der Waals surface area contributed by atoms with Gasteiger partial charge in [0.1, 0.15) is 5.01 Å². The zero-order chi connectivity index (χ0) is 12.8. The van der Waals surface area contributed by atoms with E-state index in [0.717, 1.165) is 17.2 Å². The molecule has 0 spiro atoms. The number of thiazole rings is 1. The Morgan fingerprint density at radius 1 is 1.47 bits per heavy atom. The van der Waals surface area contributed by atoms with Crippen molar-refractivity contribution in [3.63, 3.8) is 0 Å². The number of carbonyl (C=O) groups excluding carboxylic acids is 1. The Labute approximate surface area is 107 Å². The highest BCUT2D eigenvalue weighted by Gasteiger charge is 2.09. The molecular weight excluding hydrogens is 236 g/mol. The van der Waals surface area contributed by atoms with E-state index >= 15 is 0 Å². The molecule has 0 atom stereocenters. The topological polar surface area (TPSA) is 42.4 Å². The molecule has 96 valence electrons. The lowest BCUT2D eigenvalue weighted by Crippen LogP contribution is -2.22. The van der Waals surface area contributed by atoms with Crippen LogP contribution >= 0.6 is 11.3 Å². The van der Waals surface area contributed by atoms with Crippen LogP contribution in [0.3, 0.4) is 0 Å². The molecule has 4 nitrogen and oxygen atoms in total. The summed E-state index contributed by atoms with van der Waals surface area (Å²) in [4.78, 5) is 19.0. The Morgan fingerprint density at radius 2 is 2.18 bits per heavy atom. The highest BCUT2D eigenvalue weighted by atomic mass is 32.1. The number of hydrogen-bond donors (Lipinski definition) is 0. The Hall–Kier alpha value is -0.940. The van der Waals surface area contributed by atoms with Gasteiger partial charge in [0.15, 0.2) is 0 Å². The number of carbonyl (C=O) groups is 1. The molecule has 1 aromatic rings. The molecular formula is C12H20N2O2S. The molecule has 0 saturated carbocycles. The predicted octanol–water partition coefficient (Wildman–Crippen LogP) is 2.14. The maximum atomic E-state index is 11.2. The summed E-state index contributed by atoms with van der Waals surface area (Å²) in [6, 6.07) is 0. The first kappa shape index (κ1) is 14.1. The highest BCUT2D eigenvalue weighted by Crippen LogP contribution is 2.17.